The first-order valence-electron chi connectivity index (χ1n) is 5.64. The number of hydrogen-bond acceptors (Lipinski definition) is 4. The molecule has 0 aliphatic heterocycles. The summed E-state index contributed by atoms with van der Waals surface area (Å²) >= 11 is 1.98. The number of rotatable bonds is 4. The fraction of sp³-hybridized carbons (Fsp3) is 0.500. The number of furan rings is 1. The van der Waals surface area contributed by atoms with Crippen molar-refractivity contribution in [2.24, 2.45) is 0 Å². The van der Waals surface area contributed by atoms with E-state index in [1.807, 2.05) is 22.6 Å². The highest BCUT2D eigenvalue weighted by Crippen LogP contribution is 2.13. The van der Waals surface area contributed by atoms with Gasteiger partial charge in [-0.15, -0.1) is 0 Å². The molecule has 1 amide bonds. The molecule has 7 heteroatoms. The molecule has 0 saturated heterocycles. The average Bonchev–Trinajstić information content (AvgIpc) is 2.60. The SMILES string of the molecule is CC(C)(C)OC(=O)NC(Cc1ccc(I)o1)C(=O)O. The van der Waals surface area contributed by atoms with Crippen molar-refractivity contribution in [3.8, 4) is 0 Å². The summed E-state index contributed by atoms with van der Waals surface area (Å²) in [7, 11) is 0. The second kappa shape index (κ2) is 6.27. The first-order chi connectivity index (χ1) is 8.67. The number of halogens is 1. The molecule has 1 unspecified atom stereocenters. The van der Waals surface area contributed by atoms with Gasteiger partial charge in [0.1, 0.15) is 17.4 Å². The van der Waals surface area contributed by atoms with Crippen LogP contribution in [0.5, 0.6) is 0 Å². The highest BCUT2D eigenvalue weighted by Gasteiger charge is 2.25. The number of carbonyl (C=O) groups excluding carboxylic acids is 1. The average molecular weight is 381 g/mol. The Labute approximate surface area is 124 Å². The lowest BCUT2D eigenvalue weighted by Crippen LogP contribution is -2.44. The number of carbonyl (C=O) groups is 2. The summed E-state index contributed by atoms with van der Waals surface area (Å²) in [5.74, 6) is -0.648. The van der Waals surface area contributed by atoms with Gasteiger partial charge in [-0.05, 0) is 55.5 Å². The molecule has 0 radical (unpaired) electrons. The number of carboxylic acids is 1. The maximum Gasteiger partial charge on any atom is 0.408 e. The van der Waals surface area contributed by atoms with Crippen LogP contribution in [0.25, 0.3) is 0 Å². The van der Waals surface area contributed by atoms with Crippen LogP contribution in [0.15, 0.2) is 16.5 Å². The van der Waals surface area contributed by atoms with E-state index in [0.717, 1.165) is 0 Å². The second-order valence-corrected chi connectivity index (χ2v) is 6.01. The van der Waals surface area contributed by atoms with E-state index in [1.54, 1.807) is 32.9 Å². The first-order valence-corrected chi connectivity index (χ1v) is 6.72. The fourth-order valence-electron chi connectivity index (χ4n) is 1.31. The summed E-state index contributed by atoms with van der Waals surface area (Å²) < 4.78 is 11.0. The molecule has 0 saturated carbocycles. The zero-order chi connectivity index (χ0) is 14.6. The van der Waals surface area contributed by atoms with Gasteiger partial charge in [0.05, 0.1) is 0 Å². The first kappa shape index (κ1) is 15.8. The van der Waals surface area contributed by atoms with E-state index in [4.69, 9.17) is 14.3 Å². The Morgan fingerprint density at radius 1 is 1.47 bits per heavy atom. The summed E-state index contributed by atoms with van der Waals surface area (Å²) in [5, 5.41) is 11.4. The molecular weight excluding hydrogens is 365 g/mol. The number of amides is 1. The van der Waals surface area contributed by atoms with E-state index in [-0.39, 0.29) is 6.42 Å². The van der Waals surface area contributed by atoms with Crippen LogP contribution in [0.1, 0.15) is 26.5 Å². The molecule has 1 aromatic heterocycles. The van der Waals surface area contributed by atoms with Gasteiger partial charge in [-0.1, -0.05) is 0 Å². The lowest BCUT2D eigenvalue weighted by atomic mass is 10.1. The van der Waals surface area contributed by atoms with Gasteiger partial charge < -0.3 is 19.6 Å². The van der Waals surface area contributed by atoms with Gasteiger partial charge in [-0.2, -0.15) is 0 Å². The maximum absolute atomic E-state index is 11.5. The molecule has 19 heavy (non-hydrogen) atoms. The van der Waals surface area contributed by atoms with Crippen LogP contribution in [0, 0.1) is 3.77 Å². The van der Waals surface area contributed by atoms with E-state index in [2.05, 4.69) is 5.32 Å². The minimum Gasteiger partial charge on any atom is -0.480 e. The summed E-state index contributed by atoms with van der Waals surface area (Å²) in [6.07, 6.45) is -0.696. The van der Waals surface area contributed by atoms with Gasteiger partial charge >= 0.3 is 12.1 Å². The predicted molar refractivity (Wildman–Crippen MR) is 75.9 cm³/mol. The monoisotopic (exact) mass is 381 g/mol. The number of ether oxygens (including phenoxy) is 1. The van der Waals surface area contributed by atoms with Gasteiger partial charge in [-0.3, -0.25) is 0 Å². The van der Waals surface area contributed by atoms with Crippen molar-refractivity contribution in [1.29, 1.82) is 0 Å². The maximum atomic E-state index is 11.5. The number of hydrogen-bond donors (Lipinski definition) is 2. The van der Waals surface area contributed by atoms with Crippen LogP contribution in [0.4, 0.5) is 4.79 Å². The number of alkyl carbamates (subject to hydrolysis) is 1. The van der Waals surface area contributed by atoms with Crippen molar-refractivity contribution >= 4 is 34.7 Å². The zero-order valence-corrected chi connectivity index (χ0v) is 13.1. The Morgan fingerprint density at radius 2 is 2.11 bits per heavy atom. The number of nitrogens with one attached hydrogen (secondary N) is 1. The minimum atomic E-state index is -1.14. The summed E-state index contributed by atoms with van der Waals surface area (Å²) in [6, 6.07) is 2.31. The third kappa shape index (κ3) is 5.95. The molecule has 2 N–H and O–H groups in total. The van der Waals surface area contributed by atoms with E-state index < -0.39 is 23.7 Å². The normalized spacial score (nSPS) is 12.8. The molecule has 0 bridgehead atoms. The van der Waals surface area contributed by atoms with Crippen LogP contribution in [0.3, 0.4) is 0 Å². The van der Waals surface area contributed by atoms with Gasteiger partial charge in [0.2, 0.25) is 0 Å². The predicted octanol–water partition coefficient (Wildman–Crippen LogP) is 2.40. The molecule has 0 spiro atoms. The third-order valence-corrected chi connectivity index (χ3v) is 2.60. The lowest BCUT2D eigenvalue weighted by molar-refractivity contribution is -0.139. The standard InChI is InChI=1S/C12H16INO5/c1-12(2,3)19-11(17)14-8(10(15)16)6-7-4-5-9(13)18-7/h4-5,8H,6H2,1-3H3,(H,14,17)(H,15,16). The van der Waals surface area contributed by atoms with Crippen molar-refractivity contribution in [1.82, 2.24) is 5.32 Å². The van der Waals surface area contributed by atoms with Crippen molar-refractivity contribution in [3.05, 3.63) is 21.7 Å². The molecule has 0 aromatic carbocycles. The highest BCUT2D eigenvalue weighted by molar-refractivity contribution is 14.1. The van der Waals surface area contributed by atoms with Gasteiger partial charge in [-0.25, -0.2) is 9.59 Å². The molecule has 1 atom stereocenters. The number of carboxylic acid groups (broad SMARTS) is 1. The largest absolute Gasteiger partial charge is 0.480 e. The highest BCUT2D eigenvalue weighted by atomic mass is 127. The molecule has 106 valence electrons. The van der Waals surface area contributed by atoms with Gasteiger partial charge in [0.25, 0.3) is 0 Å². The smallest absolute Gasteiger partial charge is 0.408 e. The summed E-state index contributed by atoms with van der Waals surface area (Å²) in [6.45, 7) is 5.12. The summed E-state index contributed by atoms with van der Waals surface area (Å²) in [4.78, 5) is 22.6. The Bertz CT molecular complexity index is 463. The summed E-state index contributed by atoms with van der Waals surface area (Å²) in [5.41, 5.74) is -0.673. The Morgan fingerprint density at radius 3 is 2.53 bits per heavy atom. The van der Waals surface area contributed by atoms with Crippen LogP contribution in [0.2, 0.25) is 0 Å². The fourth-order valence-corrected chi connectivity index (χ4v) is 1.78. The zero-order valence-electron chi connectivity index (χ0n) is 10.9. The molecule has 0 fully saturated rings. The van der Waals surface area contributed by atoms with Crippen molar-refractivity contribution < 1.29 is 23.8 Å². The van der Waals surface area contributed by atoms with Gasteiger partial charge in [0.15, 0.2) is 3.77 Å². The Balaban J connectivity index is 2.63. The van der Waals surface area contributed by atoms with E-state index in [9.17, 15) is 9.59 Å². The van der Waals surface area contributed by atoms with Crippen LogP contribution in [-0.4, -0.2) is 28.8 Å². The Kier molecular flexibility index (Phi) is 5.21. The molecule has 1 heterocycles. The van der Waals surface area contributed by atoms with Crippen LogP contribution in [-0.2, 0) is 16.0 Å². The van der Waals surface area contributed by atoms with Crippen molar-refractivity contribution in [2.45, 2.75) is 38.8 Å². The third-order valence-electron chi connectivity index (χ3n) is 2.02. The van der Waals surface area contributed by atoms with Crippen LogP contribution < -0.4 is 5.32 Å². The van der Waals surface area contributed by atoms with Crippen molar-refractivity contribution in [3.63, 3.8) is 0 Å². The quantitative estimate of drug-likeness (QED) is 0.782. The molecule has 0 aliphatic rings. The lowest BCUT2D eigenvalue weighted by Gasteiger charge is -2.21. The Hall–Kier alpha value is -1.25. The molecule has 1 rings (SSSR count). The second-order valence-electron chi connectivity index (χ2n) is 4.95. The van der Waals surface area contributed by atoms with E-state index in [1.165, 1.54) is 0 Å². The van der Waals surface area contributed by atoms with E-state index in [0.29, 0.717) is 9.53 Å². The number of aliphatic carboxylic acids is 1. The molecule has 0 aliphatic carbocycles. The van der Waals surface area contributed by atoms with E-state index >= 15 is 0 Å². The molecule has 6 nitrogen and oxygen atoms in total. The van der Waals surface area contributed by atoms with Gasteiger partial charge in [0, 0.05) is 6.42 Å². The topological polar surface area (TPSA) is 88.8 Å². The van der Waals surface area contributed by atoms with Crippen LogP contribution >= 0.6 is 22.6 Å². The van der Waals surface area contributed by atoms with Crippen molar-refractivity contribution in [2.75, 3.05) is 0 Å². The minimum absolute atomic E-state index is 0.0670. The molecular formula is C12H16INO5. The molecule has 1 aromatic rings.